The Hall–Kier alpha value is -0.453. The SMILES string of the molecule is [Cl][Sn]([c]1ccccc1)([c]1ccccc1)[c]1ccccc1.[Sn]. The summed E-state index contributed by atoms with van der Waals surface area (Å²) in [5.74, 6) is 0. The van der Waals surface area contributed by atoms with Gasteiger partial charge in [-0.1, -0.05) is 0 Å². The zero-order chi connectivity index (χ0) is 13.8. The zero-order valence-electron chi connectivity index (χ0n) is 11.5. The summed E-state index contributed by atoms with van der Waals surface area (Å²) in [5, 5.41) is 0. The smallest absolute Gasteiger partial charge is 0 e. The molecule has 0 saturated heterocycles. The van der Waals surface area contributed by atoms with E-state index in [9.17, 15) is 0 Å². The summed E-state index contributed by atoms with van der Waals surface area (Å²) in [5.41, 5.74) is 0. The summed E-state index contributed by atoms with van der Waals surface area (Å²) in [6, 6.07) is 31.6. The maximum Gasteiger partial charge on any atom is 0 e. The van der Waals surface area contributed by atoms with Gasteiger partial charge in [0.25, 0.3) is 0 Å². The van der Waals surface area contributed by atoms with Gasteiger partial charge >= 0.3 is 128 Å². The number of hydrogen-bond donors (Lipinski definition) is 0. The molecule has 3 rings (SSSR count). The Balaban J connectivity index is 0.00000161. The van der Waals surface area contributed by atoms with E-state index in [1.165, 1.54) is 10.7 Å². The Morgan fingerprint density at radius 1 is 0.476 bits per heavy atom. The fourth-order valence-electron chi connectivity index (χ4n) is 2.50. The first-order valence-corrected chi connectivity index (χ1v) is 14.6. The molecule has 0 fully saturated rings. The van der Waals surface area contributed by atoms with Crippen molar-refractivity contribution in [1.82, 2.24) is 0 Å². The minimum absolute atomic E-state index is 0. The Morgan fingerprint density at radius 2 is 0.714 bits per heavy atom. The Kier molecular flexibility index (Phi) is 6.20. The van der Waals surface area contributed by atoms with Gasteiger partial charge in [0.2, 0.25) is 0 Å². The first-order valence-electron chi connectivity index (χ1n) is 6.67. The Labute approximate surface area is 150 Å². The second kappa shape index (κ2) is 7.70. The predicted molar refractivity (Wildman–Crippen MR) is 95.6 cm³/mol. The van der Waals surface area contributed by atoms with Crippen LogP contribution in [0.25, 0.3) is 0 Å². The standard InChI is InChI=1S/3C6H5.ClH.2Sn/c3*1-2-4-6-5-3-1;;;/h3*1-5H;1H;;/q;;;;;+1/p-1. The molecule has 0 bridgehead atoms. The molecule has 0 aliphatic rings. The van der Waals surface area contributed by atoms with Gasteiger partial charge in [-0.3, -0.25) is 0 Å². The van der Waals surface area contributed by atoms with Crippen LogP contribution in [0.15, 0.2) is 91.0 Å². The van der Waals surface area contributed by atoms with Crippen molar-refractivity contribution in [2.45, 2.75) is 0 Å². The van der Waals surface area contributed by atoms with Crippen LogP contribution in [-0.4, -0.2) is 41.2 Å². The molecule has 3 aromatic carbocycles. The Morgan fingerprint density at radius 3 is 0.952 bits per heavy atom. The molecule has 4 radical (unpaired) electrons. The summed E-state index contributed by atoms with van der Waals surface area (Å²) in [6.45, 7) is 0. The summed E-state index contributed by atoms with van der Waals surface area (Å²) >= 11 is -3.30. The van der Waals surface area contributed by atoms with Gasteiger partial charge in [0.1, 0.15) is 0 Å². The normalized spacial score (nSPS) is 10.7. The molecule has 0 atom stereocenters. The number of halogens is 1. The Bertz CT molecular complexity index is 573. The molecule has 3 heteroatoms. The molecule has 0 spiro atoms. The molecule has 0 N–H and O–H groups in total. The summed E-state index contributed by atoms with van der Waals surface area (Å²) < 4.78 is 3.88. The minimum atomic E-state index is -3.30. The molecule has 0 unspecified atom stereocenters. The van der Waals surface area contributed by atoms with Crippen LogP contribution in [0.1, 0.15) is 0 Å². The predicted octanol–water partition coefficient (Wildman–Crippen LogP) is 2.51. The maximum atomic E-state index is 7.33. The van der Waals surface area contributed by atoms with Gasteiger partial charge in [0.05, 0.1) is 0 Å². The van der Waals surface area contributed by atoms with Crippen LogP contribution in [-0.2, 0) is 0 Å². The average Bonchev–Trinajstić information content (AvgIpc) is 2.56. The first kappa shape index (κ1) is 16.9. The fraction of sp³-hybridized carbons (Fsp3) is 0. The van der Waals surface area contributed by atoms with Gasteiger partial charge in [-0.15, -0.1) is 0 Å². The van der Waals surface area contributed by atoms with Crippen LogP contribution in [0.3, 0.4) is 0 Å². The second-order valence-electron chi connectivity index (χ2n) is 4.76. The van der Waals surface area contributed by atoms with E-state index in [4.69, 9.17) is 8.92 Å². The topological polar surface area (TPSA) is 0 Å². The molecule has 102 valence electrons. The average molecular weight is 504 g/mol. The van der Waals surface area contributed by atoms with Crippen molar-refractivity contribution in [3.05, 3.63) is 91.0 Å². The summed E-state index contributed by atoms with van der Waals surface area (Å²) in [6.07, 6.45) is 0. The van der Waals surface area contributed by atoms with Crippen molar-refractivity contribution in [1.29, 1.82) is 0 Å². The van der Waals surface area contributed by atoms with Crippen molar-refractivity contribution >= 4 is 60.8 Å². The van der Waals surface area contributed by atoms with E-state index < -0.39 is 17.3 Å². The van der Waals surface area contributed by atoms with Crippen LogP contribution in [0.2, 0.25) is 0 Å². The van der Waals surface area contributed by atoms with E-state index >= 15 is 0 Å². The maximum absolute atomic E-state index is 7.33. The molecule has 3 aromatic rings. The summed E-state index contributed by atoms with van der Waals surface area (Å²) in [4.78, 5) is 0. The molecule has 0 heterocycles. The van der Waals surface area contributed by atoms with E-state index in [2.05, 4.69) is 72.8 Å². The van der Waals surface area contributed by atoms with Gasteiger partial charge < -0.3 is 0 Å². The number of hydrogen-bond acceptors (Lipinski definition) is 0. The van der Waals surface area contributed by atoms with Crippen molar-refractivity contribution in [2.75, 3.05) is 0 Å². The zero-order valence-corrected chi connectivity index (χ0v) is 18.0. The van der Waals surface area contributed by atoms with Crippen LogP contribution in [0, 0.1) is 0 Å². The molecule has 0 aromatic heterocycles. The molecule has 0 aliphatic carbocycles. The minimum Gasteiger partial charge on any atom is 0 e. The molecule has 0 nitrogen and oxygen atoms in total. The van der Waals surface area contributed by atoms with Gasteiger partial charge in [0.15, 0.2) is 0 Å². The van der Waals surface area contributed by atoms with Gasteiger partial charge in [-0.2, -0.15) is 0 Å². The fourth-order valence-corrected chi connectivity index (χ4v) is 13.5. The van der Waals surface area contributed by atoms with E-state index in [1.54, 1.807) is 0 Å². The van der Waals surface area contributed by atoms with Crippen LogP contribution in [0.4, 0.5) is 0 Å². The van der Waals surface area contributed by atoms with Crippen molar-refractivity contribution in [2.24, 2.45) is 0 Å². The molecule has 0 aliphatic heterocycles. The van der Waals surface area contributed by atoms with Crippen LogP contribution < -0.4 is 10.7 Å². The molecule has 21 heavy (non-hydrogen) atoms. The van der Waals surface area contributed by atoms with Gasteiger partial charge in [-0.05, 0) is 0 Å². The van der Waals surface area contributed by atoms with Crippen LogP contribution in [0.5, 0.6) is 0 Å². The van der Waals surface area contributed by atoms with Gasteiger partial charge in [-0.25, -0.2) is 0 Å². The number of rotatable bonds is 3. The molecular formula is C18H15ClSn2. The van der Waals surface area contributed by atoms with Crippen molar-refractivity contribution in [3.8, 4) is 0 Å². The second-order valence-corrected chi connectivity index (χ2v) is 17.3. The van der Waals surface area contributed by atoms with Crippen molar-refractivity contribution in [3.63, 3.8) is 0 Å². The quantitative estimate of drug-likeness (QED) is 0.482. The number of benzene rings is 3. The monoisotopic (exact) mass is 506 g/mol. The molecule has 0 saturated carbocycles. The molecular weight excluding hydrogens is 489 g/mol. The van der Waals surface area contributed by atoms with E-state index in [1.807, 2.05) is 18.2 Å². The largest absolute Gasteiger partial charge is 0 e. The third kappa shape index (κ3) is 3.49. The van der Waals surface area contributed by atoms with Crippen molar-refractivity contribution < 1.29 is 0 Å². The van der Waals surface area contributed by atoms with Gasteiger partial charge in [0, 0.05) is 23.9 Å². The summed E-state index contributed by atoms with van der Waals surface area (Å²) in [7, 11) is 7.33. The first-order chi connectivity index (χ1) is 9.82. The molecule has 0 amide bonds. The van der Waals surface area contributed by atoms with E-state index in [0.29, 0.717) is 0 Å². The van der Waals surface area contributed by atoms with E-state index in [0.717, 1.165) is 0 Å². The van der Waals surface area contributed by atoms with Crippen LogP contribution >= 0.6 is 8.92 Å². The third-order valence-electron chi connectivity index (χ3n) is 3.51. The van der Waals surface area contributed by atoms with E-state index in [-0.39, 0.29) is 23.9 Å². The third-order valence-corrected chi connectivity index (χ3v) is 17.6.